The van der Waals surface area contributed by atoms with Gasteiger partial charge in [-0.15, -0.1) is 0 Å². The predicted octanol–water partition coefficient (Wildman–Crippen LogP) is 4.80. The summed E-state index contributed by atoms with van der Waals surface area (Å²) in [5.74, 6) is 0.0950. The van der Waals surface area contributed by atoms with Crippen LogP contribution in [0, 0.1) is 0 Å². The molecule has 1 unspecified atom stereocenters. The molecule has 2 aromatic rings. The maximum atomic E-state index is 12.1. The zero-order valence-electron chi connectivity index (χ0n) is 15.2. The highest BCUT2D eigenvalue weighted by atomic mass is 16.1. The van der Waals surface area contributed by atoms with Gasteiger partial charge in [0.25, 0.3) is 0 Å². The third kappa shape index (κ3) is 7.99. The summed E-state index contributed by atoms with van der Waals surface area (Å²) in [4.78, 5) is 12.1. The van der Waals surface area contributed by atoms with E-state index in [-0.39, 0.29) is 5.91 Å². The van der Waals surface area contributed by atoms with Crippen LogP contribution in [0.25, 0.3) is 0 Å². The lowest BCUT2D eigenvalue weighted by Gasteiger charge is -2.18. The number of rotatable bonds is 11. The van der Waals surface area contributed by atoms with Gasteiger partial charge in [0.15, 0.2) is 0 Å². The van der Waals surface area contributed by atoms with Crippen molar-refractivity contribution in [3.63, 3.8) is 0 Å². The molecule has 2 aromatic carbocycles. The Morgan fingerprint density at radius 1 is 0.960 bits per heavy atom. The molecule has 0 saturated carbocycles. The first-order chi connectivity index (χ1) is 12.3. The van der Waals surface area contributed by atoms with E-state index in [1.165, 1.54) is 18.4 Å². The first kappa shape index (κ1) is 19.2. The first-order valence-corrected chi connectivity index (χ1v) is 9.40. The molecule has 1 atom stereocenters. The topological polar surface area (TPSA) is 41.1 Å². The second-order valence-corrected chi connectivity index (χ2v) is 6.48. The zero-order chi connectivity index (χ0) is 17.7. The van der Waals surface area contributed by atoms with E-state index in [1.54, 1.807) is 0 Å². The second kappa shape index (κ2) is 11.4. The Kier molecular flexibility index (Phi) is 8.78. The highest BCUT2D eigenvalue weighted by Crippen LogP contribution is 2.10. The third-order valence-electron chi connectivity index (χ3n) is 4.37. The maximum Gasteiger partial charge on any atom is 0.224 e. The number of carbonyl (C=O) groups is 1. The molecule has 0 bridgehead atoms. The van der Waals surface area contributed by atoms with E-state index in [4.69, 9.17) is 0 Å². The smallest absolute Gasteiger partial charge is 0.224 e. The molecule has 0 aliphatic carbocycles. The van der Waals surface area contributed by atoms with Crippen LogP contribution in [0.5, 0.6) is 0 Å². The summed E-state index contributed by atoms with van der Waals surface area (Å²) in [5.41, 5.74) is 2.22. The van der Waals surface area contributed by atoms with E-state index in [0.29, 0.717) is 12.5 Å². The lowest BCUT2D eigenvalue weighted by atomic mass is 10.0. The highest BCUT2D eigenvalue weighted by molar-refractivity contribution is 5.90. The number of nitrogens with one attached hydrogen (secondary N) is 2. The van der Waals surface area contributed by atoms with Crippen LogP contribution in [0.4, 0.5) is 5.69 Å². The maximum absolute atomic E-state index is 12.1. The normalized spacial score (nSPS) is 11.9. The van der Waals surface area contributed by atoms with Gasteiger partial charge >= 0.3 is 0 Å². The number of unbranched alkanes of at least 4 members (excludes halogenated alkanes) is 1. The van der Waals surface area contributed by atoms with Gasteiger partial charge in [-0.1, -0.05) is 68.3 Å². The molecular formula is C22H30N2O. The van der Waals surface area contributed by atoms with Crippen molar-refractivity contribution >= 4 is 11.6 Å². The van der Waals surface area contributed by atoms with Crippen LogP contribution in [-0.2, 0) is 11.2 Å². The molecule has 134 valence electrons. The summed E-state index contributed by atoms with van der Waals surface area (Å²) in [6.07, 6.45) is 5.98. The van der Waals surface area contributed by atoms with Crippen molar-refractivity contribution in [1.29, 1.82) is 0 Å². The summed E-state index contributed by atoms with van der Waals surface area (Å²) in [6.45, 7) is 3.17. The Labute approximate surface area is 151 Å². The van der Waals surface area contributed by atoms with Crippen molar-refractivity contribution in [2.45, 2.75) is 51.5 Å². The fourth-order valence-electron chi connectivity index (χ4n) is 2.91. The van der Waals surface area contributed by atoms with Crippen molar-refractivity contribution in [2.75, 3.05) is 11.9 Å². The first-order valence-electron chi connectivity index (χ1n) is 9.40. The van der Waals surface area contributed by atoms with E-state index < -0.39 is 0 Å². The minimum Gasteiger partial charge on any atom is -0.326 e. The zero-order valence-corrected chi connectivity index (χ0v) is 15.2. The molecule has 0 saturated heterocycles. The van der Waals surface area contributed by atoms with E-state index in [9.17, 15) is 4.79 Å². The number of hydrogen-bond donors (Lipinski definition) is 2. The van der Waals surface area contributed by atoms with Crippen molar-refractivity contribution in [1.82, 2.24) is 5.32 Å². The Bertz CT molecular complexity index is 598. The second-order valence-electron chi connectivity index (χ2n) is 6.48. The van der Waals surface area contributed by atoms with Crippen molar-refractivity contribution in [2.24, 2.45) is 0 Å². The largest absolute Gasteiger partial charge is 0.326 e. The molecule has 0 spiro atoms. The minimum atomic E-state index is 0.0950. The van der Waals surface area contributed by atoms with E-state index in [2.05, 4.69) is 41.8 Å². The number of amides is 1. The molecule has 0 fully saturated rings. The standard InChI is InChI=1S/C22H30N2O/c1-2-3-12-20(23-18-17-19-10-6-4-7-11-19)15-16-22(25)24-21-13-8-5-9-14-21/h4-11,13-14,20,23H,2-3,12,15-18H2,1H3,(H,24,25). The average molecular weight is 338 g/mol. The molecule has 3 heteroatoms. The van der Waals surface area contributed by atoms with Gasteiger partial charge in [0.2, 0.25) is 5.91 Å². The number of para-hydroxylation sites is 1. The van der Waals surface area contributed by atoms with Crippen molar-refractivity contribution < 1.29 is 4.79 Å². The van der Waals surface area contributed by atoms with Gasteiger partial charge in [0, 0.05) is 18.2 Å². The van der Waals surface area contributed by atoms with Crippen LogP contribution in [0.15, 0.2) is 60.7 Å². The summed E-state index contributed by atoms with van der Waals surface area (Å²) in [6, 6.07) is 20.6. The van der Waals surface area contributed by atoms with Gasteiger partial charge in [0.05, 0.1) is 0 Å². The van der Waals surface area contributed by atoms with Gasteiger partial charge in [-0.05, 0) is 43.5 Å². The Hall–Kier alpha value is -2.13. The minimum absolute atomic E-state index is 0.0950. The Balaban J connectivity index is 1.73. The lowest BCUT2D eigenvalue weighted by Crippen LogP contribution is -2.32. The van der Waals surface area contributed by atoms with Crippen LogP contribution < -0.4 is 10.6 Å². The molecule has 0 radical (unpaired) electrons. The molecule has 0 heterocycles. The number of benzene rings is 2. The van der Waals surface area contributed by atoms with Crippen LogP contribution in [-0.4, -0.2) is 18.5 Å². The highest BCUT2D eigenvalue weighted by Gasteiger charge is 2.11. The fraction of sp³-hybridized carbons (Fsp3) is 0.409. The van der Waals surface area contributed by atoms with Crippen molar-refractivity contribution in [3.05, 3.63) is 66.2 Å². The predicted molar refractivity (Wildman–Crippen MR) is 106 cm³/mol. The van der Waals surface area contributed by atoms with Gasteiger partial charge in [-0.2, -0.15) is 0 Å². The SMILES string of the molecule is CCCCC(CCC(=O)Nc1ccccc1)NCCc1ccccc1. The van der Waals surface area contributed by atoms with Gasteiger partial charge < -0.3 is 10.6 Å². The van der Waals surface area contributed by atoms with Gasteiger partial charge in [-0.3, -0.25) is 4.79 Å². The monoisotopic (exact) mass is 338 g/mol. The average Bonchev–Trinajstić information content (AvgIpc) is 2.65. The van der Waals surface area contributed by atoms with Crippen LogP contribution in [0.1, 0.15) is 44.6 Å². The van der Waals surface area contributed by atoms with E-state index >= 15 is 0 Å². The van der Waals surface area contributed by atoms with Crippen LogP contribution >= 0.6 is 0 Å². The van der Waals surface area contributed by atoms with Gasteiger partial charge in [0.1, 0.15) is 0 Å². The quantitative estimate of drug-likeness (QED) is 0.618. The van der Waals surface area contributed by atoms with Gasteiger partial charge in [-0.25, -0.2) is 0 Å². The van der Waals surface area contributed by atoms with Crippen molar-refractivity contribution in [3.8, 4) is 0 Å². The van der Waals surface area contributed by atoms with E-state index in [0.717, 1.165) is 31.5 Å². The molecule has 3 nitrogen and oxygen atoms in total. The molecule has 0 aromatic heterocycles. The van der Waals surface area contributed by atoms with Crippen LogP contribution in [0.3, 0.4) is 0 Å². The summed E-state index contributed by atoms with van der Waals surface area (Å²) >= 11 is 0. The van der Waals surface area contributed by atoms with Crippen LogP contribution in [0.2, 0.25) is 0 Å². The summed E-state index contributed by atoms with van der Waals surface area (Å²) < 4.78 is 0. The number of hydrogen-bond acceptors (Lipinski definition) is 2. The molecule has 0 aliphatic rings. The Morgan fingerprint density at radius 3 is 2.32 bits per heavy atom. The Morgan fingerprint density at radius 2 is 1.64 bits per heavy atom. The molecule has 2 rings (SSSR count). The fourth-order valence-corrected chi connectivity index (χ4v) is 2.91. The number of carbonyl (C=O) groups excluding carboxylic acids is 1. The molecule has 1 amide bonds. The molecule has 0 aliphatic heterocycles. The molecule has 25 heavy (non-hydrogen) atoms. The number of anilines is 1. The van der Waals surface area contributed by atoms with E-state index in [1.807, 2.05) is 36.4 Å². The lowest BCUT2D eigenvalue weighted by molar-refractivity contribution is -0.116. The molecule has 2 N–H and O–H groups in total. The molecular weight excluding hydrogens is 308 g/mol. The summed E-state index contributed by atoms with van der Waals surface area (Å²) in [7, 11) is 0. The third-order valence-corrected chi connectivity index (χ3v) is 4.37. The summed E-state index contributed by atoms with van der Waals surface area (Å²) in [5, 5.41) is 6.61.